The fourth-order valence-electron chi connectivity index (χ4n) is 4.78. The van der Waals surface area contributed by atoms with Gasteiger partial charge in [-0.1, -0.05) is 36.4 Å². The predicted molar refractivity (Wildman–Crippen MR) is 137 cm³/mol. The molecule has 0 saturated carbocycles. The molecule has 1 aromatic carbocycles. The van der Waals surface area contributed by atoms with Crippen LogP contribution in [0.5, 0.6) is 0 Å². The molecule has 3 aromatic rings. The average Bonchev–Trinajstić information content (AvgIpc) is 2.89. The van der Waals surface area contributed by atoms with E-state index in [1.54, 1.807) is 0 Å². The van der Waals surface area contributed by atoms with Crippen LogP contribution >= 0.6 is 0 Å². The third-order valence-corrected chi connectivity index (χ3v) is 6.82. The molecule has 2 aromatic heterocycles. The molecule has 0 atom stereocenters. The van der Waals surface area contributed by atoms with Gasteiger partial charge in [-0.2, -0.15) is 0 Å². The van der Waals surface area contributed by atoms with Crippen molar-refractivity contribution in [3.8, 4) is 11.5 Å². The summed E-state index contributed by atoms with van der Waals surface area (Å²) in [5, 5.41) is 3.67. The third-order valence-electron chi connectivity index (χ3n) is 6.82. The molecule has 7 heteroatoms. The van der Waals surface area contributed by atoms with E-state index in [4.69, 9.17) is 9.97 Å². The number of hydrogen-bond donors (Lipinski definition) is 1. The number of hydrogen-bond acceptors (Lipinski definition) is 7. The maximum Gasteiger partial charge on any atom is 0.180 e. The predicted octanol–water partition coefficient (Wildman–Crippen LogP) is 3.15. The third kappa shape index (κ3) is 5.78. The van der Waals surface area contributed by atoms with Crippen LogP contribution in [0.2, 0.25) is 0 Å². The van der Waals surface area contributed by atoms with Crippen molar-refractivity contribution in [1.29, 1.82) is 0 Å². The van der Waals surface area contributed by atoms with E-state index in [0.29, 0.717) is 0 Å². The molecular formula is C27H35N7. The molecule has 0 spiro atoms. The molecule has 178 valence electrons. The molecule has 1 saturated heterocycles. The van der Waals surface area contributed by atoms with Gasteiger partial charge in [0.25, 0.3) is 0 Å². The lowest BCUT2D eigenvalue weighted by Gasteiger charge is -2.32. The van der Waals surface area contributed by atoms with Gasteiger partial charge in [-0.3, -0.25) is 9.88 Å². The Morgan fingerprint density at radius 3 is 2.50 bits per heavy atom. The van der Waals surface area contributed by atoms with Gasteiger partial charge in [0.2, 0.25) is 0 Å². The Hall–Kier alpha value is -2.87. The normalized spacial score (nSPS) is 17.4. The second-order valence-corrected chi connectivity index (χ2v) is 9.41. The Bertz CT molecular complexity index is 1050. The number of fused-ring (bicyclic) bond motifs is 1. The maximum atomic E-state index is 4.96. The van der Waals surface area contributed by atoms with Crippen LogP contribution in [0, 0.1) is 0 Å². The first-order valence-corrected chi connectivity index (χ1v) is 12.5. The minimum Gasteiger partial charge on any atom is -0.370 e. The second kappa shape index (κ2) is 11.0. The van der Waals surface area contributed by atoms with Gasteiger partial charge in [0.05, 0.1) is 5.69 Å². The van der Waals surface area contributed by atoms with Crippen LogP contribution < -0.4 is 5.32 Å². The summed E-state index contributed by atoms with van der Waals surface area (Å²) < 4.78 is 0. The first-order chi connectivity index (χ1) is 16.7. The smallest absolute Gasteiger partial charge is 0.180 e. The Morgan fingerprint density at radius 2 is 1.71 bits per heavy atom. The summed E-state index contributed by atoms with van der Waals surface area (Å²) >= 11 is 0. The molecule has 1 N–H and O–H groups in total. The zero-order valence-corrected chi connectivity index (χ0v) is 20.2. The summed E-state index contributed by atoms with van der Waals surface area (Å²) in [5.74, 6) is 1.69. The molecule has 2 aliphatic rings. The lowest BCUT2D eigenvalue weighted by Crippen LogP contribution is -2.44. The van der Waals surface area contributed by atoms with Crippen LogP contribution in [0.3, 0.4) is 0 Å². The quantitative estimate of drug-likeness (QED) is 0.522. The Morgan fingerprint density at radius 1 is 0.882 bits per heavy atom. The summed E-state index contributed by atoms with van der Waals surface area (Å²) in [6.07, 6.45) is 3.85. The summed E-state index contributed by atoms with van der Waals surface area (Å²) in [5.41, 5.74) is 4.57. The fourth-order valence-corrected chi connectivity index (χ4v) is 4.78. The van der Waals surface area contributed by atoms with Crippen molar-refractivity contribution in [1.82, 2.24) is 29.7 Å². The van der Waals surface area contributed by atoms with E-state index in [0.717, 1.165) is 94.8 Å². The van der Waals surface area contributed by atoms with Crippen LogP contribution in [0.1, 0.15) is 23.2 Å². The highest BCUT2D eigenvalue weighted by Gasteiger charge is 2.23. The number of piperazine rings is 1. The molecular weight excluding hydrogens is 422 g/mol. The van der Waals surface area contributed by atoms with E-state index in [1.807, 2.05) is 24.4 Å². The highest BCUT2D eigenvalue weighted by Crippen LogP contribution is 2.27. The summed E-state index contributed by atoms with van der Waals surface area (Å²) in [6.45, 7) is 9.52. The van der Waals surface area contributed by atoms with Crippen LogP contribution in [0.4, 0.5) is 5.82 Å². The number of aromatic nitrogens is 3. The number of nitrogens with zero attached hydrogens (tertiary/aromatic N) is 6. The van der Waals surface area contributed by atoms with Gasteiger partial charge >= 0.3 is 0 Å². The van der Waals surface area contributed by atoms with Gasteiger partial charge in [0.1, 0.15) is 11.5 Å². The summed E-state index contributed by atoms with van der Waals surface area (Å²) in [6, 6.07) is 16.6. The number of likely N-dealkylation sites (N-methyl/N-ethyl adjacent to an activating group) is 1. The number of benzene rings is 1. The maximum absolute atomic E-state index is 4.96. The molecule has 0 amide bonds. The van der Waals surface area contributed by atoms with E-state index >= 15 is 0 Å². The van der Waals surface area contributed by atoms with Crippen molar-refractivity contribution in [3.63, 3.8) is 0 Å². The molecule has 5 rings (SSSR count). The lowest BCUT2D eigenvalue weighted by atomic mass is 10.0. The number of anilines is 1. The van der Waals surface area contributed by atoms with Crippen molar-refractivity contribution in [2.24, 2.45) is 0 Å². The molecule has 0 unspecified atom stereocenters. The minimum absolute atomic E-state index is 0.720. The lowest BCUT2D eigenvalue weighted by molar-refractivity contribution is 0.154. The van der Waals surface area contributed by atoms with Gasteiger partial charge in [-0.25, -0.2) is 9.97 Å². The highest BCUT2D eigenvalue weighted by molar-refractivity contribution is 5.57. The molecule has 0 bridgehead atoms. The van der Waals surface area contributed by atoms with E-state index < -0.39 is 0 Å². The molecule has 4 heterocycles. The van der Waals surface area contributed by atoms with Crippen molar-refractivity contribution in [2.45, 2.75) is 25.9 Å². The van der Waals surface area contributed by atoms with Crippen LogP contribution in [-0.2, 0) is 19.5 Å². The molecule has 34 heavy (non-hydrogen) atoms. The van der Waals surface area contributed by atoms with Gasteiger partial charge < -0.3 is 15.1 Å². The molecule has 7 nitrogen and oxygen atoms in total. The van der Waals surface area contributed by atoms with Gasteiger partial charge in [-0.05, 0) is 37.7 Å². The molecule has 2 aliphatic heterocycles. The Labute approximate surface area is 202 Å². The number of nitrogens with one attached hydrogen (secondary N) is 1. The first-order valence-electron chi connectivity index (χ1n) is 12.5. The summed E-state index contributed by atoms with van der Waals surface area (Å²) in [7, 11) is 2.21. The fraction of sp³-hybridized carbons (Fsp3) is 0.444. The van der Waals surface area contributed by atoms with Gasteiger partial charge in [-0.15, -0.1) is 0 Å². The number of pyridine rings is 1. The van der Waals surface area contributed by atoms with Gasteiger partial charge in [0, 0.05) is 70.5 Å². The molecule has 0 radical (unpaired) electrons. The average molecular weight is 458 g/mol. The monoisotopic (exact) mass is 457 g/mol. The Balaban J connectivity index is 1.30. The molecule has 1 fully saturated rings. The zero-order chi connectivity index (χ0) is 23.2. The zero-order valence-electron chi connectivity index (χ0n) is 20.2. The van der Waals surface area contributed by atoms with Crippen molar-refractivity contribution in [2.75, 3.05) is 58.2 Å². The van der Waals surface area contributed by atoms with E-state index in [-0.39, 0.29) is 0 Å². The topological polar surface area (TPSA) is 60.4 Å². The van der Waals surface area contributed by atoms with E-state index in [2.05, 4.69) is 62.4 Å². The first kappa shape index (κ1) is 22.9. The van der Waals surface area contributed by atoms with Crippen LogP contribution in [-0.4, -0.2) is 82.5 Å². The van der Waals surface area contributed by atoms with Crippen LogP contribution in [0.25, 0.3) is 11.5 Å². The van der Waals surface area contributed by atoms with E-state index in [9.17, 15) is 0 Å². The van der Waals surface area contributed by atoms with Crippen LogP contribution in [0.15, 0.2) is 54.7 Å². The number of rotatable bonds is 8. The summed E-state index contributed by atoms with van der Waals surface area (Å²) in [4.78, 5) is 21.9. The van der Waals surface area contributed by atoms with E-state index in [1.165, 1.54) is 11.1 Å². The minimum atomic E-state index is 0.720. The highest BCUT2D eigenvalue weighted by atomic mass is 15.2. The Kier molecular flexibility index (Phi) is 7.43. The van der Waals surface area contributed by atoms with Crippen molar-refractivity contribution < 1.29 is 0 Å². The second-order valence-electron chi connectivity index (χ2n) is 9.41. The van der Waals surface area contributed by atoms with Crippen molar-refractivity contribution in [3.05, 3.63) is 71.5 Å². The molecule has 0 aliphatic carbocycles. The largest absolute Gasteiger partial charge is 0.370 e. The SMILES string of the molecule is CN1CCN(CCCNc2nc(-c3ccccn3)nc3c2CN(Cc2ccccc2)CC3)CC1. The standard InChI is InChI=1S/C27H35N7/c1-32-16-18-33(19-17-32)14-7-13-29-26-23-21-34(20-22-8-3-2-4-9-22)15-11-24(23)30-27(31-26)25-10-5-6-12-28-25/h2-6,8-10,12H,7,11,13-21H2,1H3,(H,29,30,31). The van der Waals surface area contributed by atoms with Gasteiger partial charge in [0.15, 0.2) is 5.82 Å². The van der Waals surface area contributed by atoms with Crippen molar-refractivity contribution >= 4 is 5.82 Å².